The van der Waals surface area contributed by atoms with Crippen LogP contribution in [-0.2, 0) is 25.7 Å². The zero-order valence-electron chi connectivity index (χ0n) is 20.6. The van der Waals surface area contributed by atoms with E-state index in [0.717, 1.165) is 31.6 Å². The number of piperidine rings is 1. The highest BCUT2D eigenvalue weighted by Crippen LogP contribution is 2.36. The third-order valence-corrected chi connectivity index (χ3v) is 6.60. The predicted octanol–water partition coefficient (Wildman–Crippen LogP) is 4.99. The lowest BCUT2D eigenvalue weighted by atomic mass is 10.1. The van der Waals surface area contributed by atoms with Gasteiger partial charge < -0.3 is 24.2 Å². The Labute approximate surface area is 222 Å². The lowest BCUT2D eigenvalue weighted by Crippen LogP contribution is -2.38. The van der Waals surface area contributed by atoms with Crippen molar-refractivity contribution in [1.29, 1.82) is 0 Å². The maximum Gasteiger partial charge on any atom is 0.303 e. The maximum absolute atomic E-state index is 13.5. The molecule has 1 aliphatic heterocycles. The Morgan fingerprint density at radius 3 is 2.46 bits per heavy atom. The molecule has 4 rings (SSSR count). The van der Waals surface area contributed by atoms with E-state index in [1.54, 1.807) is 12.1 Å². The molecule has 198 valence electrons. The van der Waals surface area contributed by atoms with Gasteiger partial charge in [-0.1, -0.05) is 22.9 Å². The maximum atomic E-state index is 13.5. The summed E-state index contributed by atoms with van der Waals surface area (Å²) < 4.78 is 28.4. The molecule has 0 unspecified atom stereocenters. The van der Waals surface area contributed by atoms with Crippen LogP contribution < -0.4 is 9.64 Å². The monoisotopic (exact) mass is 551 g/mol. The predicted molar refractivity (Wildman–Crippen MR) is 137 cm³/mol. The molecule has 0 bridgehead atoms. The molecule has 1 aromatic heterocycles. The number of nitrogens with zero attached hydrogens (tertiary/aromatic N) is 3. The van der Waals surface area contributed by atoms with Crippen LogP contribution in [0, 0.1) is 5.82 Å². The summed E-state index contributed by atoms with van der Waals surface area (Å²) in [6, 6.07) is 9.52. The van der Waals surface area contributed by atoms with Gasteiger partial charge in [0.2, 0.25) is 0 Å². The molecule has 9 nitrogen and oxygen atoms in total. The van der Waals surface area contributed by atoms with E-state index in [4.69, 9.17) is 21.1 Å². The molecule has 0 amide bonds. The average Bonchev–Trinajstić information content (AvgIpc) is 3.34. The smallest absolute Gasteiger partial charge is 0.303 e. The number of aromatic nitrogens is 2. The SMILES string of the molecule is CC(=O)OCc1nnc(-c2ccc(N3CCC(Oc4cc(F)ccc4Cl)CC3)cc2O)s1.COC(C)=O. The van der Waals surface area contributed by atoms with Gasteiger partial charge in [-0.3, -0.25) is 9.59 Å². The quantitative estimate of drug-likeness (QED) is 0.423. The summed E-state index contributed by atoms with van der Waals surface area (Å²) in [6.07, 6.45) is 1.42. The van der Waals surface area contributed by atoms with Crippen molar-refractivity contribution in [1.82, 2.24) is 10.2 Å². The Kier molecular flexibility index (Phi) is 10.0. The first-order valence-electron chi connectivity index (χ1n) is 11.4. The van der Waals surface area contributed by atoms with Gasteiger partial charge in [-0.2, -0.15) is 0 Å². The van der Waals surface area contributed by atoms with Crippen LogP contribution in [-0.4, -0.2) is 53.5 Å². The summed E-state index contributed by atoms with van der Waals surface area (Å²) in [7, 11) is 1.35. The van der Waals surface area contributed by atoms with Crippen molar-refractivity contribution in [3.63, 3.8) is 0 Å². The molecule has 0 spiro atoms. The zero-order chi connectivity index (χ0) is 26.9. The van der Waals surface area contributed by atoms with Gasteiger partial charge in [0, 0.05) is 57.6 Å². The molecule has 1 fully saturated rings. The number of esters is 2. The highest BCUT2D eigenvalue weighted by atomic mass is 35.5. The van der Waals surface area contributed by atoms with Gasteiger partial charge in [0.1, 0.15) is 30.0 Å². The summed E-state index contributed by atoms with van der Waals surface area (Å²) in [5, 5.41) is 20.1. The van der Waals surface area contributed by atoms with E-state index in [9.17, 15) is 19.1 Å². The number of ether oxygens (including phenoxy) is 3. The van der Waals surface area contributed by atoms with Crippen LogP contribution >= 0.6 is 22.9 Å². The largest absolute Gasteiger partial charge is 0.507 e. The van der Waals surface area contributed by atoms with Crippen LogP contribution in [0.3, 0.4) is 0 Å². The van der Waals surface area contributed by atoms with Crippen molar-refractivity contribution in [2.45, 2.75) is 39.4 Å². The molecule has 0 aliphatic carbocycles. The van der Waals surface area contributed by atoms with Crippen molar-refractivity contribution >= 4 is 40.6 Å². The highest BCUT2D eigenvalue weighted by molar-refractivity contribution is 7.14. The van der Waals surface area contributed by atoms with Crippen LogP contribution in [0.5, 0.6) is 11.5 Å². The van der Waals surface area contributed by atoms with E-state index < -0.39 is 0 Å². The van der Waals surface area contributed by atoms with E-state index in [2.05, 4.69) is 19.8 Å². The van der Waals surface area contributed by atoms with Crippen LogP contribution in [0.1, 0.15) is 31.7 Å². The van der Waals surface area contributed by atoms with Crippen molar-refractivity contribution < 1.29 is 33.3 Å². The Morgan fingerprint density at radius 2 is 1.84 bits per heavy atom. The lowest BCUT2D eigenvalue weighted by molar-refractivity contribution is -0.142. The number of hydrogen-bond acceptors (Lipinski definition) is 10. The summed E-state index contributed by atoms with van der Waals surface area (Å²) in [5.74, 6) is -0.557. The number of phenols is 1. The Balaban J connectivity index is 0.000000695. The van der Waals surface area contributed by atoms with E-state index in [1.165, 1.54) is 50.5 Å². The minimum absolute atomic E-state index is 0.0592. The number of hydrogen-bond donors (Lipinski definition) is 1. The normalized spacial score (nSPS) is 13.4. The molecule has 0 saturated carbocycles. The van der Waals surface area contributed by atoms with Crippen molar-refractivity contribution in [2.24, 2.45) is 0 Å². The zero-order valence-corrected chi connectivity index (χ0v) is 22.1. The van der Waals surface area contributed by atoms with E-state index >= 15 is 0 Å². The van der Waals surface area contributed by atoms with Crippen molar-refractivity contribution in [3.8, 4) is 22.1 Å². The number of phenolic OH excluding ortho intramolecular Hbond substituents is 1. The molecule has 12 heteroatoms. The molecule has 0 radical (unpaired) electrons. The second kappa shape index (κ2) is 13.2. The van der Waals surface area contributed by atoms with Gasteiger partial charge in [-0.15, -0.1) is 10.2 Å². The Bertz CT molecular complexity index is 1230. The molecule has 0 atom stereocenters. The molecule has 37 heavy (non-hydrogen) atoms. The van der Waals surface area contributed by atoms with Gasteiger partial charge in [-0.25, -0.2) is 4.39 Å². The number of anilines is 1. The minimum atomic E-state index is -0.387. The fourth-order valence-electron chi connectivity index (χ4n) is 3.46. The van der Waals surface area contributed by atoms with Gasteiger partial charge >= 0.3 is 11.9 Å². The molecule has 3 aromatic rings. The summed E-state index contributed by atoms with van der Waals surface area (Å²) in [6.45, 7) is 4.20. The minimum Gasteiger partial charge on any atom is -0.507 e. The van der Waals surface area contributed by atoms with Crippen molar-refractivity contribution in [3.05, 3.63) is 52.2 Å². The first-order chi connectivity index (χ1) is 17.7. The lowest BCUT2D eigenvalue weighted by Gasteiger charge is -2.34. The van der Waals surface area contributed by atoms with Gasteiger partial charge in [0.05, 0.1) is 17.7 Å². The summed E-state index contributed by atoms with van der Waals surface area (Å²) in [4.78, 5) is 22.7. The molecule has 1 saturated heterocycles. The van der Waals surface area contributed by atoms with Crippen molar-refractivity contribution in [2.75, 3.05) is 25.1 Å². The first-order valence-corrected chi connectivity index (χ1v) is 12.6. The van der Waals surface area contributed by atoms with E-state index in [1.807, 2.05) is 6.07 Å². The third-order valence-electron chi connectivity index (χ3n) is 5.36. The standard InChI is InChI=1S/C22H21ClFN3O4S.C3H6O2/c1-13(28)30-12-21-25-26-22(32-21)17-4-3-15(11-19(17)29)27-8-6-16(7-9-27)31-20-10-14(24)2-5-18(20)23;1-3(4)5-2/h2-5,10-11,16,29H,6-9,12H2,1H3;1-2H3. The molecule has 2 aromatic carbocycles. The van der Waals surface area contributed by atoms with Crippen LogP contribution in [0.2, 0.25) is 5.02 Å². The third kappa shape index (κ3) is 8.29. The molecule has 1 aliphatic rings. The van der Waals surface area contributed by atoms with Crippen LogP contribution in [0.4, 0.5) is 10.1 Å². The highest BCUT2D eigenvalue weighted by Gasteiger charge is 2.23. The fourth-order valence-corrected chi connectivity index (χ4v) is 4.41. The number of methoxy groups -OCH3 is 1. The summed E-state index contributed by atoms with van der Waals surface area (Å²) >= 11 is 7.35. The number of benzene rings is 2. The van der Waals surface area contributed by atoms with E-state index in [0.29, 0.717) is 26.4 Å². The first kappa shape index (κ1) is 28.1. The van der Waals surface area contributed by atoms with E-state index in [-0.39, 0.29) is 36.2 Å². The number of rotatable bonds is 6. The molecular formula is C25H27ClFN3O6S. The number of carbonyl (C=O) groups is 2. The fraction of sp³-hybridized carbons (Fsp3) is 0.360. The second-order valence-corrected chi connectivity index (χ2v) is 9.53. The number of carbonyl (C=O) groups excluding carboxylic acids is 2. The van der Waals surface area contributed by atoms with Crippen LogP contribution in [0.25, 0.3) is 10.6 Å². The number of halogens is 2. The molecule has 2 heterocycles. The Hall–Kier alpha value is -3.44. The topological polar surface area (TPSA) is 111 Å². The number of aromatic hydroxyl groups is 1. The Morgan fingerprint density at radius 1 is 1.14 bits per heavy atom. The van der Waals surface area contributed by atoms with Crippen LogP contribution in [0.15, 0.2) is 36.4 Å². The van der Waals surface area contributed by atoms with Gasteiger partial charge in [-0.05, 0) is 24.3 Å². The van der Waals surface area contributed by atoms with Gasteiger partial charge in [0.15, 0.2) is 10.0 Å². The second-order valence-electron chi connectivity index (χ2n) is 8.06. The molecule has 1 N–H and O–H groups in total. The molecular weight excluding hydrogens is 525 g/mol. The summed E-state index contributed by atoms with van der Waals surface area (Å²) in [5.41, 5.74) is 1.46. The average molecular weight is 552 g/mol. The van der Waals surface area contributed by atoms with Gasteiger partial charge in [0.25, 0.3) is 0 Å².